The third-order valence-electron chi connectivity index (χ3n) is 8.09. The molecule has 1 saturated heterocycles. The van der Waals surface area contributed by atoms with Crippen LogP contribution in [0.15, 0.2) is 72.0 Å². The SMILES string of the molecule is CSc1c2sc(C3=C(C(=O)O)N4C(=O)[C@H]([C@@H](C)O)[C@H]4[C@H]3C)cn2c[n+]1Cc1cccc(C[n+]2ccc(CO)cc2)c1. The molecule has 9 nitrogen and oxygen atoms in total. The van der Waals surface area contributed by atoms with Crippen molar-refractivity contribution in [1.82, 2.24) is 9.30 Å². The molecular formula is C30H32N4O5S2+2. The number of benzene rings is 1. The van der Waals surface area contributed by atoms with E-state index in [1.165, 1.54) is 27.4 Å². The second-order valence-electron chi connectivity index (χ2n) is 10.7. The number of pyridine rings is 1. The lowest BCUT2D eigenvalue weighted by Gasteiger charge is -2.46. The van der Waals surface area contributed by atoms with Gasteiger partial charge in [-0.25, -0.2) is 13.9 Å². The van der Waals surface area contributed by atoms with Crippen molar-refractivity contribution < 1.29 is 34.0 Å². The molecule has 0 aliphatic carbocycles. The highest BCUT2D eigenvalue weighted by Crippen LogP contribution is 2.51. The molecule has 1 amide bonds. The number of aliphatic hydroxyl groups is 2. The summed E-state index contributed by atoms with van der Waals surface area (Å²) in [6.45, 7) is 4.97. The van der Waals surface area contributed by atoms with E-state index in [0.717, 1.165) is 26.8 Å². The van der Waals surface area contributed by atoms with Crippen LogP contribution in [-0.4, -0.2) is 54.9 Å². The van der Waals surface area contributed by atoms with Gasteiger partial charge in [0.15, 0.2) is 18.9 Å². The number of nitrogens with zero attached hydrogens (tertiary/aromatic N) is 4. The second-order valence-corrected chi connectivity index (χ2v) is 12.6. The van der Waals surface area contributed by atoms with Gasteiger partial charge >= 0.3 is 5.97 Å². The van der Waals surface area contributed by atoms with Crippen LogP contribution in [0.2, 0.25) is 0 Å². The zero-order valence-corrected chi connectivity index (χ0v) is 24.6. The van der Waals surface area contributed by atoms with Gasteiger partial charge in [-0.15, -0.1) is 0 Å². The molecule has 6 rings (SSSR count). The zero-order valence-electron chi connectivity index (χ0n) is 23.0. The third kappa shape index (κ3) is 4.66. The lowest BCUT2D eigenvalue weighted by atomic mass is 9.77. The molecule has 0 radical (unpaired) electrons. The molecule has 5 heterocycles. The molecule has 11 heteroatoms. The number of aliphatic carboxylic acids is 1. The summed E-state index contributed by atoms with van der Waals surface area (Å²) in [4.78, 5) is 28.3. The first kappa shape index (κ1) is 27.6. The first-order valence-electron chi connectivity index (χ1n) is 13.4. The molecule has 2 aliphatic rings. The topological polar surface area (TPSA) is 110 Å². The predicted octanol–water partition coefficient (Wildman–Crippen LogP) is 2.54. The van der Waals surface area contributed by atoms with E-state index in [2.05, 4.69) is 33.4 Å². The number of fused-ring (bicyclic) bond motifs is 2. The number of carboxylic acid groups (broad SMARTS) is 1. The average Bonchev–Trinajstić information content (AvgIpc) is 3.56. The Kier molecular flexibility index (Phi) is 7.23. The summed E-state index contributed by atoms with van der Waals surface area (Å²) in [5.74, 6) is -2.22. The maximum absolute atomic E-state index is 12.8. The molecule has 4 atom stereocenters. The van der Waals surface area contributed by atoms with Gasteiger partial charge in [0.25, 0.3) is 6.33 Å². The Morgan fingerprint density at radius 1 is 1.15 bits per heavy atom. The number of aliphatic hydroxyl groups excluding tert-OH is 2. The first-order valence-corrected chi connectivity index (χ1v) is 15.5. The monoisotopic (exact) mass is 592 g/mol. The number of aromatic nitrogens is 3. The Hall–Kier alpha value is -3.51. The number of thioether (sulfide) groups is 1. The summed E-state index contributed by atoms with van der Waals surface area (Å²) in [5, 5.41) is 30.6. The quantitative estimate of drug-likeness (QED) is 0.157. The van der Waals surface area contributed by atoms with Crippen molar-refractivity contribution in [2.24, 2.45) is 11.8 Å². The zero-order chi connectivity index (χ0) is 29.0. The molecule has 0 unspecified atom stereocenters. The minimum atomic E-state index is -1.12. The van der Waals surface area contributed by atoms with Crippen LogP contribution in [-0.2, 0) is 29.3 Å². The number of rotatable bonds is 9. The van der Waals surface area contributed by atoms with Gasteiger partial charge in [0, 0.05) is 29.2 Å². The van der Waals surface area contributed by atoms with Crippen LogP contribution in [0.5, 0.6) is 0 Å². The van der Waals surface area contributed by atoms with Crippen LogP contribution in [0.1, 0.15) is 35.4 Å². The number of thiazole rings is 1. The lowest BCUT2D eigenvalue weighted by molar-refractivity contribution is -0.721. The van der Waals surface area contributed by atoms with Crippen LogP contribution in [0.4, 0.5) is 0 Å². The van der Waals surface area contributed by atoms with Crippen LogP contribution in [0, 0.1) is 11.8 Å². The third-order valence-corrected chi connectivity index (χ3v) is 10.2. The number of carbonyl (C=O) groups excluding carboxylic acids is 1. The Balaban J connectivity index is 1.29. The Morgan fingerprint density at radius 3 is 2.49 bits per heavy atom. The second kappa shape index (κ2) is 10.7. The minimum absolute atomic E-state index is 0.0291. The maximum atomic E-state index is 12.8. The van der Waals surface area contributed by atoms with Gasteiger partial charge in [-0.2, -0.15) is 4.40 Å². The van der Waals surface area contributed by atoms with Crippen LogP contribution in [0.3, 0.4) is 0 Å². The van der Waals surface area contributed by atoms with Crippen LogP contribution < -0.4 is 9.13 Å². The summed E-state index contributed by atoms with van der Waals surface area (Å²) < 4.78 is 6.32. The number of imidazole rings is 1. The van der Waals surface area contributed by atoms with E-state index in [-0.39, 0.29) is 30.2 Å². The number of β-lactam (4-membered cyclic amide) rings is 1. The van der Waals surface area contributed by atoms with E-state index in [0.29, 0.717) is 12.1 Å². The van der Waals surface area contributed by atoms with Gasteiger partial charge in [-0.05, 0) is 30.4 Å². The molecule has 41 heavy (non-hydrogen) atoms. The minimum Gasteiger partial charge on any atom is -0.477 e. The Bertz CT molecular complexity index is 1690. The normalized spacial score (nSPS) is 21.0. The molecule has 0 bridgehead atoms. The summed E-state index contributed by atoms with van der Waals surface area (Å²) in [7, 11) is 0. The van der Waals surface area contributed by atoms with E-state index in [4.69, 9.17) is 0 Å². The van der Waals surface area contributed by atoms with Crippen molar-refractivity contribution in [2.45, 2.75) is 50.7 Å². The molecule has 212 valence electrons. The molecule has 1 aromatic carbocycles. The predicted molar refractivity (Wildman–Crippen MR) is 154 cm³/mol. The van der Waals surface area contributed by atoms with Crippen molar-refractivity contribution in [3.05, 3.63) is 88.6 Å². The smallest absolute Gasteiger partial charge is 0.352 e. The number of amides is 1. The van der Waals surface area contributed by atoms with Gasteiger partial charge < -0.3 is 20.2 Å². The standard InChI is InChI=1S/C30H31N4O5S2/c1-17-23(26(30(38)39)34-25(17)24(18(2)36)27(34)37)22-14-33-16-32(28(40-3)29(33)41-22)13-21-6-4-5-20(11-21)12-31-9-7-19(15-35)8-10-31/h4-11,14,16-18,24-25,35-36H,12-13,15H2,1-3H3/q+1/p+1/t17-,18+,24+,25+/m0/s1. The number of carbonyl (C=O) groups is 2. The van der Waals surface area contributed by atoms with Gasteiger partial charge in [0.05, 0.1) is 29.5 Å². The van der Waals surface area contributed by atoms with Gasteiger partial charge in [-0.3, -0.25) is 4.79 Å². The Labute approximate surface area is 245 Å². The lowest BCUT2D eigenvalue weighted by Crippen LogP contribution is -2.63. The van der Waals surface area contributed by atoms with Crippen LogP contribution in [0.25, 0.3) is 10.4 Å². The number of carboxylic acids is 1. The molecule has 0 saturated carbocycles. The highest BCUT2D eigenvalue weighted by molar-refractivity contribution is 7.98. The molecule has 3 N–H and O–H groups in total. The summed E-state index contributed by atoms with van der Waals surface area (Å²) in [5.41, 5.74) is 3.92. The highest BCUT2D eigenvalue weighted by Gasteiger charge is 2.60. The summed E-state index contributed by atoms with van der Waals surface area (Å²) in [6.07, 6.45) is 9.14. The largest absolute Gasteiger partial charge is 0.477 e. The van der Waals surface area contributed by atoms with Crippen molar-refractivity contribution in [1.29, 1.82) is 0 Å². The first-order chi connectivity index (χ1) is 19.7. The van der Waals surface area contributed by atoms with E-state index in [1.807, 2.05) is 54.6 Å². The molecule has 2 aliphatic heterocycles. The fraction of sp³-hybridized carbons (Fsp3) is 0.333. The van der Waals surface area contributed by atoms with Crippen LogP contribution >= 0.6 is 23.1 Å². The fourth-order valence-electron chi connectivity index (χ4n) is 6.20. The maximum Gasteiger partial charge on any atom is 0.352 e. The number of hydrogen-bond acceptors (Lipinski definition) is 6. The Morgan fingerprint density at radius 2 is 1.85 bits per heavy atom. The van der Waals surface area contributed by atoms with Gasteiger partial charge in [0.2, 0.25) is 15.8 Å². The van der Waals surface area contributed by atoms with Crippen molar-refractivity contribution in [2.75, 3.05) is 6.26 Å². The molecule has 0 spiro atoms. The van der Waals surface area contributed by atoms with E-state index in [9.17, 15) is 24.9 Å². The molecule has 3 aromatic heterocycles. The van der Waals surface area contributed by atoms with E-state index < -0.39 is 18.0 Å². The summed E-state index contributed by atoms with van der Waals surface area (Å²) in [6, 6.07) is 12.0. The highest BCUT2D eigenvalue weighted by atomic mass is 32.2. The fourth-order valence-corrected chi connectivity index (χ4v) is 8.38. The van der Waals surface area contributed by atoms with Gasteiger partial charge in [-0.1, -0.05) is 48.2 Å². The molecule has 4 aromatic rings. The van der Waals surface area contributed by atoms with Crippen molar-refractivity contribution >= 4 is 45.4 Å². The molecule has 1 fully saturated rings. The summed E-state index contributed by atoms with van der Waals surface area (Å²) >= 11 is 3.17. The average molecular weight is 593 g/mol. The van der Waals surface area contributed by atoms with Gasteiger partial charge in [0.1, 0.15) is 18.4 Å². The van der Waals surface area contributed by atoms with Crippen molar-refractivity contribution in [3.63, 3.8) is 0 Å². The number of hydrogen-bond donors (Lipinski definition) is 3. The molecular weight excluding hydrogens is 560 g/mol. The van der Waals surface area contributed by atoms with E-state index in [1.54, 1.807) is 18.7 Å². The van der Waals surface area contributed by atoms with Crippen molar-refractivity contribution in [3.8, 4) is 0 Å². The van der Waals surface area contributed by atoms with E-state index >= 15 is 0 Å².